The molecular formula is C13H22O. The van der Waals surface area contributed by atoms with Crippen LogP contribution in [0.4, 0.5) is 0 Å². The molecule has 1 unspecified atom stereocenters. The second-order valence-corrected chi connectivity index (χ2v) is 5.19. The van der Waals surface area contributed by atoms with Crippen molar-refractivity contribution in [2.75, 3.05) is 0 Å². The molecule has 1 spiro atoms. The van der Waals surface area contributed by atoms with Gasteiger partial charge in [0.05, 0.1) is 0 Å². The number of rotatable bonds is 2. The van der Waals surface area contributed by atoms with Crippen LogP contribution in [0.15, 0.2) is 0 Å². The van der Waals surface area contributed by atoms with Gasteiger partial charge in [-0.05, 0) is 31.1 Å². The number of hydrogen-bond donors (Lipinski definition) is 0. The van der Waals surface area contributed by atoms with Crippen molar-refractivity contribution >= 4 is 5.78 Å². The molecule has 14 heavy (non-hydrogen) atoms. The zero-order valence-electron chi connectivity index (χ0n) is 9.35. The highest BCUT2D eigenvalue weighted by Gasteiger charge is 2.44. The molecule has 0 radical (unpaired) electrons. The van der Waals surface area contributed by atoms with Crippen molar-refractivity contribution < 1.29 is 4.79 Å². The van der Waals surface area contributed by atoms with Crippen molar-refractivity contribution in [2.45, 2.75) is 64.7 Å². The van der Waals surface area contributed by atoms with E-state index < -0.39 is 0 Å². The molecule has 1 heteroatoms. The maximum absolute atomic E-state index is 11.9. The van der Waals surface area contributed by atoms with Gasteiger partial charge >= 0.3 is 0 Å². The third-order valence-corrected chi connectivity index (χ3v) is 4.49. The summed E-state index contributed by atoms with van der Waals surface area (Å²) in [4.78, 5) is 11.9. The standard InChI is InChI=1S/C13H22O/c1-2-12(14)11-7-3-4-8-13(11)9-5-6-10-13/h11H,2-10H2,1H3. The number of hydrogen-bond acceptors (Lipinski definition) is 1. The van der Waals surface area contributed by atoms with Crippen LogP contribution in [0.25, 0.3) is 0 Å². The lowest BCUT2D eigenvalue weighted by Gasteiger charge is -2.40. The molecule has 0 aromatic carbocycles. The van der Waals surface area contributed by atoms with Crippen molar-refractivity contribution in [3.05, 3.63) is 0 Å². The molecule has 80 valence electrons. The maximum Gasteiger partial charge on any atom is 0.136 e. The second kappa shape index (κ2) is 4.04. The minimum atomic E-state index is 0.434. The van der Waals surface area contributed by atoms with Crippen molar-refractivity contribution in [3.63, 3.8) is 0 Å². The Kier molecular flexibility index (Phi) is 2.94. The van der Waals surface area contributed by atoms with E-state index in [0.29, 0.717) is 17.1 Å². The molecule has 2 rings (SSSR count). The summed E-state index contributed by atoms with van der Waals surface area (Å²) in [7, 11) is 0. The van der Waals surface area contributed by atoms with Gasteiger partial charge in [0.2, 0.25) is 0 Å². The molecule has 1 atom stereocenters. The van der Waals surface area contributed by atoms with Gasteiger partial charge in [-0.2, -0.15) is 0 Å². The molecule has 2 aliphatic rings. The summed E-state index contributed by atoms with van der Waals surface area (Å²) >= 11 is 0. The SMILES string of the molecule is CCC(=O)C1CCCCC12CCCC2. The number of carbonyl (C=O) groups excluding carboxylic acids is 1. The Labute approximate surface area is 87.3 Å². The first kappa shape index (κ1) is 10.2. The summed E-state index contributed by atoms with van der Waals surface area (Å²) in [6, 6.07) is 0. The van der Waals surface area contributed by atoms with E-state index >= 15 is 0 Å². The molecule has 0 aromatic rings. The fourth-order valence-electron chi connectivity index (χ4n) is 3.73. The molecule has 1 nitrogen and oxygen atoms in total. The van der Waals surface area contributed by atoms with Gasteiger partial charge in [0.15, 0.2) is 0 Å². The highest BCUT2D eigenvalue weighted by molar-refractivity contribution is 5.81. The summed E-state index contributed by atoms with van der Waals surface area (Å²) in [5, 5.41) is 0. The van der Waals surface area contributed by atoms with Gasteiger partial charge in [-0.25, -0.2) is 0 Å². The lowest BCUT2D eigenvalue weighted by Crippen LogP contribution is -2.36. The minimum absolute atomic E-state index is 0.434. The van der Waals surface area contributed by atoms with Gasteiger partial charge in [-0.15, -0.1) is 0 Å². The molecule has 0 aromatic heterocycles. The van der Waals surface area contributed by atoms with Gasteiger partial charge in [-0.3, -0.25) is 4.79 Å². The molecule has 2 fully saturated rings. The van der Waals surface area contributed by atoms with Crippen LogP contribution >= 0.6 is 0 Å². The second-order valence-electron chi connectivity index (χ2n) is 5.19. The Morgan fingerprint density at radius 1 is 1.14 bits per heavy atom. The quantitative estimate of drug-likeness (QED) is 0.655. The normalized spacial score (nSPS) is 30.8. The fourth-order valence-corrected chi connectivity index (χ4v) is 3.73. The highest BCUT2D eigenvalue weighted by Crippen LogP contribution is 2.52. The topological polar surface area (TPSA) is 17.1 Å². The summed E-state index contributed by atoms with van der Waals surface area (Å²) in [6.07, 6.45) is 11.3. The van der Waals surface area contributed by atoms with Crippen molar-refractivity contribution in [2.24, 2.45) is 11.3 Å². The van der Waals surface area contributed by atoms with Gasteiger partial charge < -0.3 is 0 Å². The lowest BCUT2D eigenvalue weighted by molar-refractivity contribution is -0.128. The van der Waals surface area contributed by atoms with Crippen LogP contribution in [0.5, 0.6) is 0 Å². The molecule has 2 saturated carbocycles. The molecule has 0 N–H and O–H groups in total. The number of Topliss-reactive ketones (excluding diaryl/α,β-unsaturated/α-hetero) is 1. The Balaban J connectivity index is 2.14. The molecule has 0 saturated heterocycles. The smallest absolute Gasteiger partial charge is 0.136 e. The first-order valence-corrected chi connectivity index (χ1v) is 6.31. The van der Waals surface area contributed by atoms with Crippen molar-refractivity contribution in [1.29, 1.82) is 0 Å². The van der Waals surface area contributed by atoms with E-state index in [9.17, 15) is 4.79 Å². The van der Waals surface area contributed by atoms with Crippen LogP contribution < -0.4 is 0 Å². The predicted molar refractivity (Wildman–Crippen MR) is 58.2 cm³/mol. The van der Waals surface area contributed by atoms with Crippen LogP contribution in [0.1, 0.15) is 64.7 Å². The number of ketones is 1. The van der Waals surface area contributed by atoms with E-state index in [1.54, 1.807) is 0 Å². The van der Waals surface area contributed by atoms with Gasteiger partial charge in [-0.1, -0.05) is 32.6 Å². The van der Waals surface area contributed by atoms with Gasteiger partial charge in [0.25, 0.3) is 0 Å². The Morgan fingerprint density at radius 2 is 1.71 bits per heavy atom. The lowest BCUT2D eigenvalue weighted by atomic mass is 9.63. The highest BCUT2D eigenvalue weighted by atomic mass is 16.1. The van der Waals surface area contributed by atoms with Crippen LogP contribution in [0.2, 0.25) is 0 Å². The van der Waals surface area contributed by atoms with E-state index in [1.165, 1.54) is 51.4 Å². The summed E-state index contributed by atoms with van der Waals surface area (Å²) < 4.78 is 0. The van der Waals surface area contributed by atoms with E-state index in [1.807, 2.05) is 6.92 Å². The van der Waals surface area contributed by atoms with E-state index in [-0.39, 0.29) is 0 Å². The first-order valence-electron chi connectivity index (χ1n) is 6.31. The zero-order chi connectivity index (χ0) is 10.0. The Bertz CT molecular complexity index is 213. The molecular weight excluding hydrogens is 172 g/mol. The Morgan fingerprint density at radius 3 is 2.29 bits per heavy atom. The zero-order valence-corrected chi connectivity index (χ0v) is 9.35. The minimum Gasteiger partial charge on any atom is -0.299 e. The van der Waals surface area contributed by atoms with E-state index in [0.717, 1.165) is 6.42 Å². The summed E-state index contributed by atoms with van der Waals surface area (Å²) in [6.45, 7) is 2.03. The largest absolute Gasteiger partial charge is 0.299 e. The monoisotopic (exact) mass is 194 g/mol. The van der Waals surface area contributed by atoms with Crippen LogP contribution in [0.3, 0.4) is 0 Å². The first-order chi connectivity index (χ1) is 6.78. The molecule has 0 aliphatic heterocycles. The third-order valence-electron chi connectivity index (χ3n) is 4.49. The fraction of sp³-hybridized carbons (Fsp3) is 0.923. The Hall–Kier alpha value is -0.330. The molecule has 0 heterocycles. The van der Waals surface area contributed by atoms with Crippen LogP contribution in [0, 0.1) is 11.3 Å². The maximum atomic E-state index is 11.9. The molecule has 2 aliphatic carbocycles. The average Bonchev–Trinajstić information content (AvgIpc) is 2.67. The third kappa shape index (κ3) is 1.62. The van der Waals surface area contributed by atoms with E-state index in [2.05, 4.69) is 0 Å². The van der Waals surface area contributed by atoms with Gasteiger partial charge in [0.1, 0.15) is 5.78 Å². The summed E-state index contributed by atoms with van der Waals surface area (Å²) in [5.41, 5.74) is 0.464. The summed E-state index contributed by atoms with van der Waals surface area (Å²) in [5.74, 6) is 0.982. The predicted octanol–water partition coefficient (Wildman–Crippen LogP) is 3.72. The van der Waals surface area contributed by atoms with Crippen LogP contribution in [-0.2, 0) is 4.79 Å². The molecule has 0 bridgehead atoms. The van der Waals surface area contributed by atoms with Gasteiger partial charge in [0, 0.05) is 12.3 Å². The number of carbonyl (C=O) groups is 1. The molecule has 0 amide bonds. The van der Waals surface area contributed by atoms with E-state index in [4.69, 9.17) is 0 Å². The van der Waals surface area contributed by atoms with Crippen molar-refractivity contribution in [1.82, 2.24) is 0 Å². The average molecular weight is 194 g/mol. The van der Waals surface area contributed by atoms with Crippen LogP contribution in [-0.4, -0.2) is 5.78 Å². The van der Waals surface area contributed by atoms with Crippen molar-refractivity contribution in [3.8, 4) is 0 Å².